The fourth-order valence-electron chi connectivity index (χ4n) is 2.95. The summed E-state index contributed by atoms with van der Waals surface area (Å²) < 4.78 is 32.3. The first-order valence-electron chi connectivity index (χ1n) is 8.02. The zero-order valence-corrected chi connectivity index (χ0v) is 14.0. The topological polar surface area (TPSA) is 70.7 Å². The Labute approximate surface area is 128 Å². The predicted molar refractivity (Wildman–Crippen MR) is 83.9 cm³/mol. The lowest BCUT2D eigenvalue weighted by Crippen LogP contribution is -2.50. The van der Waals surface area contributed by atoms with Crippen molar-refractivity contribution in [2.45, 2.75) is 51.3 Å². The van der Waals surface area contributed by atoms with Crippen molar-refractivity contribution >= 4 is 10.0 Å². The molecule has 2 N–H and O–H groups in total. The third kappa shape index (κ3) is 5.83. The highest BCUT2D eigenvalue weighted by atomic mass is 32.2. The van der Waals surface area contributed by atoms with Crippen LogP contribution < -0.4 is 10.0 Å². The summed E-state index contributed by atoms with van der Waals surface area (Å²) in [5, 5.41) is 3.23. The van der Waals surface area contributed by atoms with Crippen LogP contribution in [0.3, 0.4) is 0 Å². The quantitative estimate of drug-likeness (QED) is 0.624. The van der Waals surface area contributed by atoms with E-state index in [1.54, 1.807) is 0 Å². The number of morpholine rings is 1. The van der Waals surface area contributed by atoms with Gasteiger partial charge in [-0.2, -0.15) is 0 Å². The Balaban J connectivity index is 1.64. The van der Waals surface area contributed by atoms with Crippen LogP contribution in [-0.4, -0.2) is 70.0 Å². The van der Waals surface area contributed by atoms with Gasteiger partial charge in [0.2, 0.25) is 10.0 Å². The summed E-state index contributed by atoms with van der Waals surface area (Å²) in [6.45, 7) is 7.94. The molecule has 2 aliphatic heterocycles. The fourth-order valence-corrected chi connectivity index (χ4v) is 4.06. The molecule has 2 unspecified atom stereocenters. The number of nitrogens with one attached hydrogen (secondary N) is 2. The first-order chi connectivity index (χ1) is 9.96. The maximum atomic E-state index is 11.9. The minimum atomic E-state index is -3.19. The molecule has 0 aromatic carbocycles. The predicted octanol–water partition coefficient (Wildman–Crippen LogP) is 0.157. The molecule has 6 nitrogen and oxygen atoms in total. The Kier molecular flexibility index (Phi) is 6.43. The maximum Gasteiger partial charge on any atom is 0.211 e. The molecule has 0 amide bonds. The molecular weight excluding hydrogens is 290 g/mol. The van der Waals surface area contributed by atoms with E-state index in [0.717, 1.165) is 26.2 Å². The first-order valence-corrected chi connectivity index (χ1v) is 9.68. The van der Waals surface area contributed by atoms with E-state index in [0.29, 0.717) is 25.0 Å². The van der Waals surface area contributed by atoms with Crippen LogP contribution in [0.15, 0.2) is 0 Å². The zero-order chi connectivity index (χ0) is 15.3. The third-order valence-corrected chi connectivity index (χ3v) is 5.57. The van der Waals surface area contributed by atoms with Crippen molar-refractivity contribution in [3.05, 3.63) is 0 Å². The van der Waals surface area contributed by atoms with E-state index in [-0.39, 0.29) is 11.9 Å². The molecule has 0 aliphatic carbocycles. The van der Waals surface area contributed by atoms with Gasteiger partial charge in [-0.3, -0.25) is 4.90 Å². The van der Waals surface area contributed by atoms with Gasteiger partial charge in [-0.15, -0.1) is 0 Å². The number of ether oxygens (including phenoxy) is 1. The Morgan fingerprint density at radius 1 is 1.38 bits per heavy atom. The molecule has 2 atom stereocenters. The molecule has 2 rings (SSSR count). The maximum absolute atomic E-state index is 11.9. The van der Waals surface area contributed by atoms with Gasteiger partial charge in [0, 0.05) is 25.2 Å². The number of nitrogens with zero attached hydrogens (tertiary/aromatic N) is 1. The average Bonchev–Trinajstić information content (AvgIpc) is 2.89. The largest absolute Gasteiger partial charge is 0.374 e. The molecule has 0 aromatic rings. The summed E-state index contributed by atoms with van der Waals surface area (Å²) in [5.74, 6) is 0.172. The first kappa shape index (κ1) is 17.1. The van der Waals surface area contributed by atoms with Crippen LogP contribution in [0.1, 0.15) is 33.1 Å². The van der Waals surface area contributed by atoms with Crippen molar-refractivity contribution in [2.75, 3.05) is 38.5 Å². The van der Waals surface area contributed by atoms with Crippen molar-refractivity contribution in [2.24, 2.45) is 0 Å². The second-order valence-electron chi connectivity index (χ2n) is 6.38. The van der Waals surface area contributed by atoms with Crippen LogP contribution in [-0.2, 0) is 14.8 Å². The highest BCUT2D eigenvalue weighted by molar-refractivity contribution is 7.89. The lowest BCUT2D eigenvalue weighted by atomic mass is 10.2. The van der Waals surface area contributed by atoms with Crippen molar-refractivity contribution in [3.8, 4) is 0 Å². The van der Waals surface area contributed by atoms with Gasteiger partial charge in [-0.25, -0.2) is 13.1 Å². The van der Waals surface area contributed by atoms with E-state index in [9.17, 15) is 8.42 Å². The number of sulfonamides is 1. The molecule has 2 aliphatic rings. The Morgan fingerprint density at radius 3 is 2.95 bits per heavy atom. The molecule has 2 heterocycles. The van der Waals surface area contributed by atoms with Gasteiger partial charge in [-0.05, 0) is 32.4 Å². The van der Waals surface area contributed by atoms with Gasteiger partial charge < -0.3 is 10.1 Å². The van der Waals surface area contributed by atoms with Gasteiger partial charge in [-0.1, -0.05) is 13.8 Å². The highest BCUT2D eigenvalue weighted by Crippen LogP contribution is 2.22. The fraction of sp³-hybridized carbons (Fsp3) is 1.00. The number of hydrogen-bond acceptors (Lipinski definition) is 5. The Bertz CT molecular complexity index is 414. The van der Waals surface area contributed by atoms with Crippen molar-refractivity contribution in [3.63, 3.8) is 0 Å². The molecule has 7 heteroatoms. The summed E-state index contributed by atoms with van der Waals surface area (Å²) in [7, 11) is -3.19. The lowest BCUT2D eigenvalue weighted by molar-refractivity contribution is -0.0448. The average molecular weight is 319 g/mol. The molecular formula is C14H29N3O3S. The SMILES string of the molecule is CC(C)NCCCS(=O)(=O)NCC1CN2CCCC2CO1. The molecule has 0 spiro atoms. The molecule has 2 fully saturated rings. The normalized spacial score (nSPS) is 27.2. The number of rotatable bonds is 8. The van der Waals surface area contributed by atoms with E-state index >= 15 is 0 Å². The van der Waals surface area contributed by atoms with Crippen LogP contribution in [0, 0.1) is 0 Å². The molecule has 0 bridgehead atoms. The van der Waals surface area contributed by atoms with E-state index in [1.165, 1.54) is 12.8 Å². The Morgan fingerprint density at radius 2 is 2.19 bits per heavy atom. The van der Waals surface area contributed by atoms with Crippen LogP contribution in [0.2, 0.25) is 0 Å². The van der Waals surface area contributed by atoms with Crippen LogP contribution >= 0.6 is 0 Å². The molecule has 2 saturated heterocycles. The van der Waals surface area contributed by atoms with Gasteiger partial charge in [0.15, 0.2) is 0 Å². The number of fused-ring (bicyclic) bond motifs is 1. The van der Waals surface area contributed by atoms with Gasteiger partial charge in [0.1, 0.15) is 0 Å². The molecule has 124 valence electrons. The van der Waals surface area contributed by atoms with Crippen molar-refractivity contribution < 1.29 is 13.2 Å². The minimum absolute atomic E-state index is 0.0112. The summed E-state index contributed by atoms with van der Waals surface area (Å²) in [6, 6.07) is 0.949. The van der Waals surface area contributed by atoms with Gasteiger partial charge in [0.25, 0.3) is 0 Å². The van der Waals surface area contributed by atoms with Crippen molar-refractivity contribution in [1.29, 1.82) is 0 Å². The zero-order valence-electron chi connectivity index (χ0n) is 13.2. The summed E-state index contributed by atoms with van der Waals surface area (Å²) in [4.78, 5) is 2.43. The monoisotopic (exact) mass is 319 g/mol. The van der Waals surface area contributed by atoms with Gasteiger partial charge >= 0.3 is 0 Å². The molecule has 21 heavy (non-hydrogen) atoms. The molecule has 0 saturated carbocycles. The van der Waals surface area contributed by atoms with Gasteiger partial charge in [0.05, 0.1) is 18.5 Å². The summed E-state index contributed by atoms with van der Waals surface area (Å²) in [6.07, 6.45) is 3.06. The van der Waals surface area contributed by atoms with E-state index in [1.807, 2.05) is 0 Å². The van der Waals surface area contributed by atoms with Crippen LogP contribution in [0.4, 0.5) is 0 Å². The lowest BCUT2D eigenvalue weighted by Gasteiger charge is -2.35. The van der Waals surface area contributed by atoms with Crippen molar-refractivity contribution in [1.82, 2.24) is 14.9 Å². The second kappa shape index (κ2) is 7.87. The Hall–Kier alpha value is -0.210. The van der Waals surface area contributed by atoms with Crippen LogP contribution in [0.25, 0.3) is 0 Å². The number of hydrogen-bond donors (Lipinski definition) is 2. The molecule has 0 radical (unpaired) electrons. The summed E-state index contributed by atoms with van der Waals surface area (Å²) in [5.41, 5.74) is 0. The highest BCUT2D eigenvalue weighted by Gasteiger charge is 2.32. The smallest absolute Gasteiger partial charge is 0.211 e. The van der Waals surface area contributed by atoms with E-state index in [2.05, 4.69) is 28.8 Å². The van der Waals surface area contributed by atoms with Crippen LogP contribution in [0.5, 0.6) is 0 Å². The molecule has 0 aromatic heterocycles. The second-order valence-corrected chi connectivity index (χ2v) is 8.30. The van der Waals surface area contributed by atoms with E-state index in [4.69, 9.17) is 4.74 Å². The van der Waals surface area contributed by atoms with E-state index < -0.39 is 10.0 Å². The summed E-state index contributed by atoms with van der Waals surface area (Å²) >= 11 is 0. The third-order valence-electron chi connectivity index (χ3n) is 4.13. The minimum Gasteiger partial charge on any atom is -0.374 e. The standard InChI is InChI=1S/C14H29N3O3S/c1-12(2)15-6-4-8-21(18,19)16-9-14-10-17-7-3-5-13(17)11-20-14/h12-16H,3-11H2,1-2H3.